The predicted octanol–water partition coefficient (Wildman–Crippen LogP) is 3.37. The second kappa shape index (κ2) is 4.71. The summed E-state index contributed by atoms with van der Waals surface area (Å²) in [5.74, 6) is -1.16. The summed E-state index contributed by atoms with van der Waals surface area (Å²) < 4.78 is 23.8. The Morgan fingerprint density at radius 3 is 2.57 bits per heavy atom. The minimum absolute atomic E-state index is 0.267. The van der Waals surface area contributed by atoms with Gasteiger partial charge in [0.1, 0.15) is 0 Å². The largest absolute Gasteiger partial charge is 0.296 e. The average molecular weight is 239 g/mol. The molecule has 0 aromatic heterocycles. The highest BCUT2D eigenvalue weighted by Gasteiger charge is 2.17. The summed E-state index contributed by atoms with van der Waals surface area (Å²) in [7, 11) is 0. The minimum Gasteiger partial charge on any atom is -0.293 e. The van der Waals surface area contributed by atoms with Gasteiger partial charge in [-0.2, -0.15) is 0 Å². The summed E-state index contributed by atoms with van der Waals surface area (Å²) in [6.07, 6.45) is -3.36. The molecule has 0 heterocycles. The maximum Gasteiger partial charge on any atom is 0.296 e. The first-order valence-corrected chi connectivity index (χ1v) is 4.51. The Balaban J connectivity index is 2.86. The fourth-order valence-corrected chi connectivity index (χ4v) is 1.32. The van der Waals surface area contributed by atoms with Crippen LogP contribution >= 0.6 is 23.2 Å². The summed E-state index contributed by atoms with van der Waals surface area (Å²) in [4.78, 5) is 10.7. The minimum atomic E-state index is -2.97. The first-order chi connectivity index (χ1) is 6.50. The molecule has 0 atom stereocenters. The van der Waals surface area contributed by atoms with Gasteiger partial charge >= 0.3 is 0 Å². The molecule has 0 amide bonds. The molecule has 0 aliphatic heterocycles. The Bertz CT molecular complexity index is 353. The number of alkyl halides is 2. The molecule has 0 unspecified atom stereocenters. The van der Waals surface area contributed by atoms with Gasteiger partial charge in [0.15, 0.2) is 0 Å². The van der Waals surface area contributed by atoms with Gasteiger partial charge in [-0.1, -0.05) is 23.2 Å². The number of Topliss-reactive ketones (excluding diaryl/α,β-unsaturated/α-hetero) is 1. The lowest BCUT2D eigenvalue weighted by molar-refractivity contribution is -0.128. The molecular weight excluding hydrogens is 233 g/mol. The number of halogens is 4. The quantitative estimate of drug-likeness (QED) is 0.790. The van der Waals surface area contributed by atoms with Crippen LogP contribution < -0.4 is 0 Å². The normalized spacial score (nSPS) is 10.6. The van der Waals surface area contributed by atoms with Crippen LogP contribution in [-0.2, 0) is 11.2 Å². The molecule has 0 aliphatic rings. The van der Waals surface area contributed by atoms with Crippen LogP contribution in [0.4, 0.5) is 8.78 Å². The summed E-state index contributed by atoms with van der Waals surface area (Å²) in [5, 5.41) is 0.634. The van der Waals surface area contributed by atoms with E-state index in [0.717, 1.165) is 0 Å². The zero-order valence-corrected chi connectivity index (χ0v) is 8.45. The molecule has 1 aromatic carbocycles. The lowest BCUT2D eigenvalue weighted by atomic mass is 10.1. The lowest BCUT2D eigenvalue weighted by Gasteiger charge is -2.03. The second-order valence-electron chi connectivity index (χ2n) is 2.68. The third-order valence-corrected chi connectivity index (χ3v) is 2.22. The first kappa shape index (κ1) is 11.4. The van der Waals surface area contributed by atoms with Gasteiger partial charge in [-0.3, -0.25) is 4.79 Å². The van der Waals surface area contributed by atoms with Crippen LogP contribution in [0.3, 0.4) is 0 Å². The van der Waals surface area contributed by atoms with Crippen LogP contribution in [0.2, 0.25) is 10.0 Å². The number of ketones is 1. The van der Waals surface area contributed by atoms with Gasteiger partial charge in [0.2, 0.25) is 5.78 Å². The molecule has 0 radical (unpaired) electrons. The maximum absolute atomic E-state index is 11.9. The Hall–Kier alpha value is -0.670. The van der Waals surface area contributed by atoms with Crippen LogP contribution in [0.5, 0.6) is 0 Å². The molecular formula is C9H6Cl2F2O. The van der Waals surface area contributed by atoms with Crippen molar-refractivity contribution in [1.82, 2.24) is 0 Å². The molecule has 0 saturated heterocycles. The van der Waals surface area contributed by atoms with Crippen LogP contribution in [0, 0.1) is 0 Å². The van der Waals surface area contributed by atoms with Crippen LogP contribution in [0.15, 0.2) is 18.2 Å². The smallest absolute Gasteiger partial charge is 0.293 e. The van der Waals surface area contributed by atoms with E-state index < -0.39 is 18.6 Å². The van der Waals surface area contributed by atoms with Gasteiger partial charge < -0.3 is 0 Å². The van der Waals surface area contributed by atoms with Crippen molar-refractivity contribution in [1.29, 1.82) is 0 Å². The van der Waals surface area contributed by atoms with Gasteiger partial charge in [-0.25, -0.2) is 8.78 Å². The molecule has 0 N–H and O–H groups in total. The van der Waals surface area contributed by atoms with Crippen molar-refractivity contribution in [2.45, 2.75) is 12.8 Å². The SMILES string of the molecule is O=C(Cc1cc(Cl)ccc1Cl)C(F)F. The highest BCUT2D eigenvalue weighted by atomic mass is 35.5. The number of rotatable bonds is 3. The van der Waals surface area contributed by atoms with E-state index >= 15 is 0 Å². The summed E-state index contributed by atoms with van der Waals surface area (Å²) in [6.45, 7) is 0. The number of carbonyl (C=O) groups is 1. The second-order valence-corrected chi connectivity index (χ2v) is 3.52. The molecule has 5 heteroatoms. The van der Waals surface area contributed by atoms with Crippen molar-refractivity contribution in [2.75, 3.05) is 0 Å². The molecule has 76 valence electrons. The van der Waals surface area contributed by atoms with Gasteiger partial charge in [0, 0.05) is 16.5 Å². The molecule has 14 heavy (non-hydrogen) atoms. The Kier molecular flexibility index (Phi) is 3.84. The molecule has 0 saturated carbocycles. The van der Waals surface area contributed by atoms with E-state index in [2.05, 4.69) is 0 Å². The monoisotopic (exact) mass is 238 g/mol. The van der Waals surface area contributed by atoms with E-state index in [1.54, 1.807) is 0 Å². The van der Waals surface area contributed by atoms with E-state index in [0.29, 0.717) is 10.6 Å². The number of hydrogen-bond acceptors (Lipinski definition) is 1. The van der Waals surface area contributed by atoms with Crippen molar-refractivity contribution < 1.29 is 13.6 Å². The third kappa shape index (κ3) is 2.93. The summed E-state index contributed by atoms with van der Waals surface area (Å²) in [6, 6.07) is 4.41. The average Bonchev–Trinajstić information content (AvgIpc) is 2.11. The zero-order valence-electron chi connectivity index (χ0n) is 6.94. The molecule has 0 fully saturated rings. The van der Waals surface area contributed by atoms with Crippen molar-refractivity contribution >= 4 is 29.0 Å². The van der Waals surface area contributed by atoms with E-state index in [-0.39, 0.29) is 5.02 Å². The Morgan fingerprint density at radius 1 is 1.36 bits per heavy atom. The van der Waals surface area contributed by atoms with Gasteiger partial charge in [0.25, 0.3) is 6.43 Å². The van der Waals surface area contributed by atoms with Gasteiger partial charge in [0.05, 0.1) is 0 Å². The van der Waals surface area contributed by atoms with Gasteiger partial charge in [-0.05, 0) is 23.8 Å². The van der Waals surface area contributed by atoms with Crippen molar-refractivity contribution in [3.05, 3.63) is 33.8 Å². The van der Waals surface area contributed by atoms with Crippen molar-refractivity contribution in [3.8, 4) is 0 Å². The summed E-state index contributed by atoms with van der Waals surface area (Å²) >= 11 is 11.3. The fraction of sp³-hybridized carbons (Fsp3) is 0.222. The topological polar surface area (TPSA) is 17.1 Å². The van der Waals surface area contributed by atoms with E-state index in [9.17, 15) is 13.6 Å². The highest BCUT2D eigenvalue weighted by Crippen LogP contribution is 2.21. The van der Waals surface area contributed by atoms with E-state index in [1.165, 1.54) is 18.2 Å². The Labute approximate surface area is 89.6 Å². The molecule has 0 aliphatic carbocycles. The predicted molar refractivity (Wildman–Crippen MR) is 51.2 cm³/mol. The fourth-order valence-electron chi connectivity index (χ4n) is 0.944. The lowest BCUT2D eigenvalue weighted by Crippen LogP contribution is -2.12. The molecule has 0 bridgehead atoms. The molecule has 1 rings (SSSR count). The zero-order chi connectivity index (χ0) is 10.7. The third-order valence-electron chi connectivity index (χ3n) is 1.62. The molecule has 0 spiro atoms. The first-order valence-electron chi connectivity index (χ1n) is 3.75. The van der Waals surface area contributed by atoms with E-state index in [4.69, 9.17) is 23.2 Å². The van der Waals surface area contributed by atoms with E-state index in [1.807, 2.05) is 0 Å². The summed E-state index contributed by atoms with van der Waals surface area (Å²) in [5.41, 5.74) is 0.324. The van der Waals surface area contributed by atoms with Gasteiger partial charge in [-0.15, -0.1) is 0 Å². The number of benzene rings is 1. The molecule has 1 aromatic rings. The molecule has 1 nitrogen and oxygen atoms in total. The standard InChI is InChI=1S/C9H6Cl2F2O/c10-6-1-2-7(11)5(3-6)4-8(14)9(12)13/h1-3,9H,4H2. The number of carbonyl (C=O) groups excluding carboxylic acids is 1. The van der Waals surface area contributed by atoms with Crippen LogP contribution in [0.25, 0.3) is 0 Å². The highest BCUT2D eigenvalue weighted by molar-refractivity contribution is 6.33. The van der Waals surface area contributed by atoms with Crippen molar-refractivity contribution in [2.24, 2.45) is 0 Å². The van der Waals surface area contributed by atoms with Crippen LogP contribution in [0.1, 0.15) is 5.56 Å². The Morgan fingerprint density at radius 2 is 2.00 bits per heavy atom. The van der Waals surface area contributed by atoms with Crippen LogP contribution in [-0.4, -0.2) is 12.2 Å². The van der Waals surface area contributed by atoms with Crippen molar-refractivity contribution in [3.63, 3.8) is 0 Å². The number of hydrogen-bond donors (Lipinski definition) is 0. The maximum atomic E-state index is 11.9.